The zero-order valence-corrected chi connectivity index (χ0v) is 15.2. The molecule has 1 heterocycles. The maximum absolute atomic E-state index is 12.1. The molecule has 3 rings (SSSR count). The number of carbonyl (C=O) groups is 1. The van der Waals surface area contributed by atoms with Crippen LogP contribution in [0.4, 0.5) is 5.69 Å². The minimum absolute atomic E-state index is 0.0338. The van der Waals surface area contributed by atoms with Crippen LogP contribution in [0.1, 0.15) is 11.1 Å². The van der Waals surface area contributed by atoms with E-state index in [0.29, 0.717) is 23.7 Å². The second kappa shape index (κ2) is 8.70. The van der Waals surface area contributed by atoms with Crippen molar-refractivity contribution < 1.29 is 4.79 Å². The van der Waals surface area contributed by atoms with Gasteiger partial charge in [-0.1, -0.05) is 41.9 Å². The Kier molecular flexibility index (Phi) is 6.11. The van der Waals surface area contributed by atoms with Gasteiger partial charge in [0, 0.05) is 37.7 Å². The lowest BCUT2D eigenvalue weighted by Gasteiger charge is -2.36. The third-order valence-corrected chi connectivity index (χ3v) is 4.73. The lowest BCUT2D eigenvalue weighted by molar-refractivity contribution is -0.122. The molecule has 1 amide bonds. The monoisotopic (exact) mass is 368 g/mol. The first-order valence-electron chi connectivity index (χ1n) is 8.63. The molecule has 0 saturated carbocycles. The van der Waals surface area contributed by atoms with Gasteiger partial charge in [-0.25, -0.2) is 0 Å². The summed E-state index contributed by atoms with van der Waals surface area (Å²) in [6.07, 6.45) is 0. The first-order valence-corrected chi connectivity index (χ1v) is 9.01. The molecule has 0 spiro atoms. The molecule has 2 aromatic rings. The Bertz CT molecular complexity index is 795. The average Bonchev–Trinajstić information content (AvgIpc) is 2.68. The lowest BCUT2D eigenvalue weighted by atomic mass is 10.1. The normalized spacial score (nSPS) is 14.7. The first kappa shape index (κ1) is 18.2. The van der Waals surface area contributed by atoms with E-state index >= 15 is 0 Å². The fourth-order valence-electron chi connectivity index (χ4n) is 3.08. The highest BCUT2D eigenvalue weighted by molar-refractivity contribution is 6.30. The molecular formula is C20H21ClN4O. The number of amides is 1. The molecule has 0 aromatic heterocycles. The molecule has 26 heavy (non-hydrogen) atoms. The summed E-state index contributed by atoms with van der Waals surface area (Å²) in [5.41, 5.74) is 2.59. The standard InChI is InChI=1S/C20H21ClN4O/c21-18-6-7-19(17(12-18)13-22)25-10-8-24(9-11-25)15-20(26)23-14-16-4-2-1-3-5-16/h1-7,12H,8-11,14-15H2,(H,23,26). The summed E-state index contributed by atoms with van der Waals surface area (Å²) < 4.78 is 0. The van der Waals surface area contributed by atoms with Crippen LogP contribution in [0.2, 0.25) is 5.02 Å². The predicted octanol–water partition coefficient (Wildman–Crippen LogP) is 2.65. The Hall–Kier alpha value is -2.55. The van der Waals surface area contributed by atoms with E-state index in [4.69, 9.17) is 11.6 Å². The number of nitriles is 1. The Labute approximate surface area is 158 Å². The molecule has 1 aliphatic heterocycles. The highest BCUT2D eigenvalue weighted by Crippen LogP contribution is 2.24. The van der Waals surface area contributed by atoms with E-state index in [1.165, 1.54) is 0 Å². The molecule has 2 aromatic carbocycles. The van der Waals surface area contributed by atoms with Crippen molar-refractivity contribution in [3.63, 3.8) is 0 Å². The highest BCUT2D eigenvalue weighted by Gasteiger charge is 2.21. The van der Waals surface area contributed by atoms with Gasteiger partial charge < -0.3 is 10.2 Å². The Morgan fingerprint density at radius 2 is 1.85 bits per heavy atom. The topological polar surface area (TPSA) is 59.4 Å². The van der Waals surface area contributed by atoms with Crippen LogP contribution in [0, 0.1) is 11.3 Å². The van der Waals surface area contributed by atoms with Gasteiger partial charge in [0.15, 0.2) is 0 Å². The minimum atomic E-state index is 0.0338. The molecule has 1 aliphatic rings. The first-order chi connectivity index (χ1) is 12.7. The van der Waals surface area contributed by atoms with Gasteiger partial charge in [0.2, 0.25) is 5.91 Å². The van der Waals surface area contributed by atoms with E-state index < -0.39 is 0 Å². The maximum Gasteiger partial charge on any atom is 0.234 e. The number of anilines is 1. The predicted molar refractivity (Wildman–Crippen MR) is 103 cm³/mol. The van der Waals surface area contributed by atoms with Crippen molar-refractivity contribution in [1.29, 1.82) is 5.26 Å². The van der Waals surface area contributed by atoms with Gasteiger partial charge in [-0.3, -0.25) is 9.69 Å². The van der Waals surface area contributed by atoms with E-state index in [2.05, 4.69) is 21.2 Å². The van der Waals surface area contributed by atoms with Gasteiger partial charge in [0.25, 0.3) is 0 Å². The molecule has 134 valence electrons. The van der Waals surface area contributed by atoms with Crippen LogP contribution in [0.3, 0.4) is 0 Å². The van der Waals surface area contributed by atoms with Crippen molar-refractivity contribution >= 4 is 23.2 Å². The highest BCUT2D eigenvalue weighted by atomic mass is 35.5. The van der Waals surface area contributed by atoms with Crippen molar-refractivity contribution in [3.8, 4) is 6.07 Å². The Balaban J connectivity index is 1.48. The third kappa shape index (κ3) is 4.75. The van der Waals surface area contributed by atoms with E-state index in [1.807, 2.05) is 36.4 Å². The molecule has 5 nitrogen and oxygen atoms in total. The van der Waals surface area contributed by atoms with Gasteiger partial charge in [-0.05, 0) is 23.8 Å². The molecule has 1 fully saturated rings. The summed E-state index contributed by atoms with van der Waals surface area (Å²) in [6, 6.07) is 17.5. The van der Waals surface area contributed by atoms with E-state index in [-0.39, 0.29) is 5.91 Å². The number of hydrogen-bond acceptors (Lipinski definition) is 4. The summed E-state index contributed by atoms with van der Waals surface area (Å²) >= 11 is 5.97. The van der Waals surface area contributed by atoms with Crippen LogP contribution in [-0.4, -0.2) is 43.5 Å². The van der Waals surface area contributed by atoms with Crippen molar-refractivity contribution in [1.82, 2.24) is 10.2 Å². The molecule has 6 heteroatoms. The second-order valence-corrected chi connectivity index (χ2v) is 6.74. The number of carbonyl (C=O) groups excluding carboxylic acids is 1. The second-order valence-electron chi connectivity index (χ2n) is 6.30. The Morgan fingerprint density at radius 3 is 2.54 bits per heavy atom. The number of benzene rings is 2. The zero-order valence-electron chi connectivity index (χ0n) is 14.5. The summed E-state index contributed by atoms with van der Waals surface area (Å²) in [5.74, 6) is 0.0338. The summed E-state index contributed by atoms with van der Waals surface area (Å²) in [4.78, 5) is 16.5. The van der Waals surface area contributed by atoms with Crippen LogP contribution in [0.15, 0.2) is 48.5 Å². The number of piperazine rings is 1. The Morgan fingerprint density at radius 1 is 1.12 bits per heavy atom. The van der Waals surface area contributed by atoms with Crippen molar-refractivity contribution in [3.05, 3.63) is 64.7 Å². The molecule has 0 atom stereocenters. The molecule has 0 aliphatic carbocycles. The number of nitrogens with zero attached hydrogens (tertiary/aromatic N) is 3. The number of halogens is 1. The van der Waals surface area contributed by atoms with Crippen LogP contribution < -0.4 is 10.2 Å². The van der Waals surface area contributed by atoms with Crippen molar-refractivity contribution in [2.24, 2.45) is 0 Å². The largest absolute Gasteiger partial charge is 0.368 e. The van der Waals surface area contributed by atoms with Crippen LogP contribution in [-0.2, 0) is 11.3 Å². The van der Waals surface area contributed by atoms with E-state index in [1.54, 1.807) is 12.1 Å². The number of nitrogens with one attached hydrogen (secondary N) is 1. The molecule has 1 N–H and O–H groups in total. The van der Waals surface area contributed by atoms with Crippen molar-refractivity contribution in [2.45, 2.75) is 6.54 Å². The van der Waals surface area contributed by atoms with Gasteiger partial charge in [-0.2, -0.15) is 5.26 Å². The summed E-state index contributed by atoms with van der Waals surface area (Å²) in [6.45, 7) is 4.07. The molecule has 0 bridgehead atoms. The molecule has 0 radical (unpaired) electrons. The van der Waals surface area contributed by atoms with E-state index in [9.17, 15) is 10.1 Å². The number of rotatable bonds is 5. The summed E-state index contributed by atoms with van der Waals surface area (Å²) in [7, 11) is 0. The van der Waals surface area contributed by atoms with Crippen LogP contribution in [0.5, 0.6) is 0 Å². The van der Waals surface area contributed by atoms with Crippen LogP contribution in [0.25, 0.3) is 0 Å². The quantitative estimate of drug-likeness (QED) is 0.881. The maximum atomic E-state index is 12.1. The van der Waals surface area contributed by atoms with Crippen LogP contribution >= 0.6 is 11.6 Å². The number of hydrogen-bond donors (Lipinski definition) is 1. The van der Waals surface area contributed by atoms with Gasteiger partial charge in [0.1, 0.15) is 6.07 Å². The smallest absolute Gasteiger partial charge is 0.234 e. The van der Waals surface area contributed by atoms with E-state index in [0.717, 1.165) is 37.4 Å². The third-order valence-electron chi connectivity index (χ3n) is 4.49. The van der Waals surface area contributed by atoms with Gasteiger partial charge in [0.05, 0.1) is 17.8 Å². The van der Waals surface area contributed by atoms with Crippen molar-refractivity contribution in [2.75, 3.05) is 37.6 Å². The molecule has 0 unspecified atom stereocenters. The SMILES string of the molecule is N#Cc1cc(Cl)ccc1N1CCN(CC(=O)NCc2ccccc2)CC1. The molecular weight excluding hydrogens is 348 g/mol. The lowest BCUT2D eigenvalue weighted by Crippen LogP contribution is -2.49. The van der Waals surface area contributed by atoms with Gasteiger partial charge in [-0.15, -0.1) is 0 Å². The fourth-order valence-corrected chi connectivity index (χ4v) is 3.25. The summed E-state index contributed by atoms with van der Waals surface area (Å²) in [5, 5.41) is 12.8. The zero-order chi connectivity index (χ0) is 18.4. The average molecular weight is 369 g/mol. The van der Waals surface area contributed by atoms with Gasteiger partial charge >= 0.3 is 0 Å². The molecule has 1 saturated heterocycles. The minimum Gasteiger partial charge on any atom is -0.368 e. The fraction of sp³-hybridized carbons (Fsp3) is 0.300.